The van der Waals surface area contributed by atoms with Crippen LogP contribution in [0.3, 0.4) is 0 Å². The Kier molecular flexibility index (Phi) is 3.82. The molecule has 9 heteroatoms. The Morgan fingerprint density at radius 2 is 2.26 bits per heavy atom. The Morgan fingerprint density at radius 3 is 2.83 bits per heavy atom. The molecule has 1 unspecified atom stereocenters. The van der Waals surface area contributed by atoms with Gasteiger partial charge in [0.05, 0.1) is 12.0 Å². The Hall–Kier alpha value is -2.04. The van der Waals surface area contributed by atoms with Crippen LogP contribution >= 0.6 is 0 Å². The first-order valence-corrected chi connectivity index (χ1v) is 7.00. The van der Waals surface area contributed by atoms with Crippen molar-refractivity contribution in [2.24, 2.45) is 0 Å². The van der Waals surface area contributed by atoms with Crippen molar-refractivity contribution in [1.29, 1.82) is 0 Å². The zero-order valence-electron chi connectivity index (χ0n) is 12.4. The van der Waals surface area contributed by atoms with Crippen LogP contribution < -0.4 is 5.48 Å². The van der Waals surface area contributed by atoms with Crippen molar-refractivity contribution in [2.75, 3.05) is 12.1 Å². The van der Waals surface area contributed by atoms with Gasteiger partial charge < -0.3 is 24.6 Å². The van der Waals surface area contributed by atoms with E-state index in [2.05, 4.69) is 16.5 Å². The van der Waals surface area contributed by atoms with E-state index in [1.165, 1.54) is 17.8 Å². The van der Waals surface area contributed by atoms with Gasteiger partial charge in [-0.25, -0.2) is 9.97 Å². The molecule has 1 saturated heterocycles. The fourth-order valence-electron chi connectivity index (χ4n) is 2.92. The number of fused-ring (bicyclic) bond motifs is 1. The summed E-state index contributed by atoms with van der Waals surface area (Å²) in [7, 11) is 0. The van der Waals surface area contributed by atoms with Crippen molar-refractivity contribution in [3.63, 3.8) is 0 Å². The Morgan fingerprint density at radius 1 is 1.52 bits per heavy atom. The molecule has 3 heterocycles. The molecular weight excluding hydrogens is 304 g/mol. The van der Waals surface area contributed by atoms with Gasteiger partial charge >= 0.3 is 0 Å². The molecular formula is C14H18N4O5. The topological polar surface area (TPSA) is 133 Å². The summed E-state index contributed by atoms with van der Waals surface area (Å²) in [4.78, 5) is 8.09. The highest BCUT2D eigenvalue weighted by Crippen LogP contribution is 2.41. The van der Waals surface area contributed by atoms with Crippen LogP contribution in [0.25, 0.3) is 17.1 Å². The maximum absolute atomic E-state index is 10.6. The molecule has 1 fully saturated rings. The van der Waals surface area contributed by atoms with E-state index in [4.69, 9.17) is 4.74 Å². The van der Waals surface area contributed by atoms with Crippen molar-refractivity contribution in [3.8, 4) is 0 Å². The van der Waals surface area contributed by atoms with Crippen molar-refractivity contribution in [3.05, 3.63) is 24.7 Å². The summed E-state index contributed by atoms with van der Waals surface area (Å²) < 4.78 is 7.12. The first kappa shape index (κ1) is 15.8. The quantitative estimate of drug-likeness (QED) is 0.492. The van der Waals surface area contributed by atoms with Gasteiger partial charge in [-0.3, -0.25) is 10.7 Å². The van der Waals surface area contributed by atoms with Crippen LogP contribution in [0.4, 0.5) is 5.82 Å². The highest BCUT2D eigenvalue weighted by molar-refractivity contribution is 5.95. The van der Waals surface area contributed by atoms with Crippen LogP contribution in [-0.2, 0) is 4.74 Å². The van der Waals surface area contributed by atoms with Gasteiger partial charge in [-0.2, -0.15) is 0 Å². The van der Waals surface area contributed by atoms with E-state index in [1.54, 1.807) is 12.3 Å². The van der Waals surface area contributed by atoms with Gasteiger partial charge in [-0.15, -0.1) is 0 Å². The van der Waals surface area contributed by atoms with E-state index >= 15 is 0 Å². The molecule has 3 rings (SSSR count). The minimum atomic E-state index is -1.64. The maximum atomic E-state index is 10.6. The minimum absolute atomic E-state index is 0.181. The second-order valence-corrected chi connectivity index (χ2v) is 5.61. The van der Waals surface area contributed by atoms with Gasteiger partial charge in [0, 0.05) is 11.8 Å². The lowest BCUT2D eigenvalue weighted by molar-refractivity contribution is -0.0948. The molecule has 0 aliphatic carbocycles. The van der Waals surface area contributed by atoms with Crippen molar-refractivity contribution in [1.82, 2.24) is 14.5 Å². The minimum Gasteiger partial charge on any atom is -0.394 e. The average Bonchev–Trinajstić information content (AvgIpc) is 3.03. The van der Waals surface area contributed by atoms with Crippen LogP contribution in [0.2, 0.25) is 0 Å². The molecule has 4 atom stereocenters. The largest absolute Gasteiger partial charge is 0.394 e. The molecule has 1 aliphatic rings. The van der Waals surface area contributed by atoms with Gasteiger partial charge in [0.2, 0.25) is 0 Å². The van der Waals surface area contributed by atoms with E-state index in [1.807, 2.05) is 5.48 Å². The second-order valence-electron chi connectivity index (χ2n) is 5.61. The van der Waals surface area contributed by atoms with Gasteiger partial charge in [-0.1, -0.05) is 12.7 Å². The molecule has 1 aliphatic heterocycles. The molecule has 124 valence electrons. The molecule has 0 spiro atoms. The third kappa shape index (κ3) is 2.21. The molecule has 0 amide bonds. The Bertz CT molecular complexity index is 744. The summed E-state index contributed by atoms with van der Waals surface area (Å²) in [6.07, 6.45) is 1.25. The number of aliphatic hydroxyl groups is 3. The highest BCUT2D eigenvalue weighted by atomic mass is 16.6. The van der Waals surface area contributed by atoms with Crippen molar-refractivity contribution < 1.29 is 25.3 Å². The summed E-state index contributed by atoms with van der Waals surface area (Å²) in [6, 6.07) is 0. The number of anilines is 1. The molecule has 2 aromatic heterocycles. The molecule has 2 aromatic rings. The molecule has 9 nitrogen and oxygen atoms in total. The number of rotatable bonds is 4. The van der Waals surface area contributed by atoms with E-state index in [0.717, 1.165) is 0 Å². The van der Waals surface area contributed by atoms with Gasteiger partial charge in [-0.05, 0) is 6.92 Å². The number of aromatic nitrogens is 3. The number of nitrogens with zero attached hydrogens (tertiary/aromatic N) is 3. The van der Waals surface area contributed by atoms with E-state index in [0.29, 0.717) is 16.6 Å². The summed E-state index contributed by atoms with van der Waals surface area (Å²) in [6.45, 7) is 4.70. The number of aliphatic hydroxyl groups excluding tert-OH is 2. The first-order chi connectivity index (χ1) is 11.0. The number of hydrogen-bond acceptors (Lipinski definition) is 8. The standard InChI is InChI=1S/C14H18N4O5/c1-3-7-4-18(12-9(7)11(17-22)15-6-16-12)13-14(2,21)10(20)8(5-19)23-13/h3-4,6,8,10,13,19-22H,1,5H2,2H3,(H,15,16,17)/t8-,10-,13?,14-/m1/s1. The summed E-state index contributed by atoms with van der Waals surface area (Å²) >= 11 is 0. The zero-order valence-corrected chi connectivity index (χ0v) is 12.4. The van der Waals surface area contributed by atoms with Gasteiger partial charge in [0.1, 0.15) is 29.8 Å². The lowest BCUT2D eigenvalue weighted by atomic mass is 9.96. The lowest BCUT2D eigenvalue weighted by Crippen LogP contribution is -2.44. The molecule has 23 heavy (non-hydrogen) atoms. The van der Waals surface area contributed by atoms with Crippen LogP contribution in [0.5, 0.6) is 0 Å². The predicted octanol–water partition coefficient (Wildman–Crippen LogP) is -0.123. The normalized spacial score (nSPS) is 30.7. The molecule has 5 N–H and O–H groups in total. The fourth-order valence-corrected chi connectivity index (χ4v) is 2.92. The third-order valence-electron chi connectivity index (χ3n) is 4.15. The van der Waals surface area contributed by atoms with Gasteiger partial charge in [0.15, 0.2) is 12.0 Å². The molecule has 0 bridgehead atoms. The van der Waals surface area contributed by atoms with E-state index in [-0.39, 0.29) is 5.82 Å². The monoisotopic (exact) mass is 322 g/mol. The molecule has 0 saturated carbocycles. The van der Waals surface area contributed by atoms with Crippen LogP contribution in [0, 0.1) is 0 Å². The summed E-state index contributed by atoms with van der Waals surface area (Å²) in [5.41, 5.74) is 1.34. The third-order valence-corrected chi connectivity index (χ3v) is 4.15. The number of nitrogens with one attached hydrogen (secondary N) is 1. The van der Waals surface area contributed by atoms with Crippen molar-refractivity contribution >= 4 is 22.9 Å². The summed E-state index contributed by atoms with van der Waals surface area (Å²) in [5.74, 6) is 0.181. The fraction of sp³-hybridized carbons (Fsp3) is 0.429. The molecule has 0 aromatic carbocycles. The van der Waals surface area contributed by atoms with Crippen LogP contribution in [0.15, 0.2) is 19.1 Å². The van der Waals surface area contributed by atoms with Gasteiger partial charge in [0.25, 0.3) is 0 Å². The smallest absolute Gasteiger partial charge is 0.167 e. The lowest BCUT2D eigenvalue weighted by Gasteiger charge is -2.27. The second kappa shape index (κ2) is 5.55. The number of ether oxygens (including phenoxy) is 1. The highest BCUT2D eigenvalue weighted by Gasteiger charge is 2.53. The van der Waals surface area contributed by atoms with Crippen molar-refractivity contribution in [2.45, 2.75) is 31.0 Å². The van der Waals surface area contributed by atoms with E-state index in [9.17, 15) is 20.5 Å². The maximum Gasteiger partial charge on any atom is 0.167 e. The summed E-state index contributed by atoms with van der Waals surface area (Å²) in [5, 5.41) is 39.7. The van der Waals surface area contributed by atoms with Crippen LogP contribution in [0.1, 0.15) is 18.7 Å². The Balaban J connectivity index is 2.19. The zero-order chi connectivity index (χ0) is 16.8. The predicted molar refractivity (Wildman–Crippen MR) is 80.7 cm³/mol. The van der Waals surface area contributed by atoms with E-state index < -0.39 is 30.6 Å². The first-order valence-electron chi connectivity index (χ1n) is 7.00. The van der Waals surface area contributed by atoms with Crippen LogP contribution in [-0.4, -0.2) is 59.5 Å². The SMILES string of the molecule is C=Cc1cn(C2O[C@H](CO)[C@@H](O)[C@@]2(C)O)c2ncnc(NO)c12. The molecule has 0 radical (unpaired) electrons. The number of hydrogen-bond donors (Lipinski definition) is 5. The Labute approximate surface area is 131 Å². The average molecular weight is 322 g/mol.